The highest BCUT2D eigenvalue weighted by molar-refractivity contribution is 5.86. The van der Waals surface area contributed by atoms with Gasteiger partial charge in [0.15, 0.2) is 0 Å². The van der Waals surface area contributed by atoms with Gasteiger partial charge < -0.3 is 9.47 Å². The standard InChI is InChI=1S/C13H22O3/c1-11(2)13(14)15-9-7-5-3-4-6-8-12-10-16-12/h12H,1,3-10H2,2H3. The number of hydrogen-bond donors (Lipinski definition) is 0. The summed E-state index contributed by atoms with van der Waals surface area (Å²) in [7, 11) is 0. The van der Waals surface area contributed by atoms with E-state index in [0.717, 1.165) is 19.4 Å². The maximum atomic E-state index is 11.0. The Labute approximate surface area is 97.8 Å². The van der Waals surface area contributed by atoms with Crippen LogP contribution >= 0.6 is 0 Å². The number of carbonyl (C=O) groups is 1. The van der Waals surface area contributed by atoms with Crippen molar-refractivity contribution in [2.24, 2.45) is 0 Å². The van der Waals surface area contributed by atoms with Gasteiger partial charge in [0.2, 0.25) is 0 Å². The summed E-state index contributed by atoms with van der Waals surface area (Å²) in [5.41, 5.74) is 0.476. The van der Waals surface area contributed by atoms with Crippen LogP contribution in [0, 0.1) is 0 Å². The van der Waals surface area contributed by atoms with E-state index in [9.17, 15) is 4.79 Å². The van der Waals surface area contributed by atoms with Crippen molar-refractivity contribution >= 4 is 5.97 Å². The minimum atomic E-state index is -0.272. The number of esters is 1. The Hall–Kier alpha value is -0.830. The van der Waals surface area contributed by atoms with Gasteiger partial charge in [-0.3, -0.25) is 0 Å². The minimum Gasteiger partial charge on any atom is -0.462 e. The third kappa shape index (κ3) is 6.62. The molecule has 0 saturated carbocycles. The summed E-state index contributed by atoms with van der Waals surface area (Å²) in [6.45, 7) is 6.69. The zero-order valence-electron chi connectivity index (χ0n) is 10.2. The first-order chi connectivity index (χ1) is 7.70. The molecule has 0 radical (unpaired) electrons. The molecule has 1 atom stereocenters. The summed E-state index contributed by atoms with van der Waals surface area (Å²) in [4.78, 5) is 11.0. The number of epoxide rings is 1. The van der Waals surface area contributed by atoms with Gasteiger partial charge in [0.05, 0.1) is 19.3 Å². The second-order valence-electron chi connectivity index (χ2n) is 4.43. The van der Waals surface area contributed by atoms with Crippen LogP contribution in [0.2, 0.25) is 0 Å². The van der Waals surface area contributed by atoms with E-state index in [2.05, 4.69) is 6.58 Å². The molecule has 0 amide bonds. The fraction of sp³-hybridized carbons (Fsp3) is 0.769. The molecule has 16 heavy (non-hydrogen) atoms. The minimum absolute atomic E-state index is 0.272. The van der Waals surface area contributed by atoms with Crippen LogP contribution in [-0.2, 0) is 14.3 Å². The van der Waals surface area contributed by atoms with Gasteiger partial charge in [0.25, 0.3) is 0 Å². The first-order valence-electron chi connectivity index (χ1n) is 6.14. The molecule has 0 aromatic heterocycles. The fourth-order valence-electron chi connectivity index (χ4n) is 1.53. The Morgan fingerprint density at radius 1 is 1.31 bits per heavy atom. The Bertz CT molecular complexity index is 231. The largest absolute Gasteiger partial charge is 0.462 e. The van der Waals surface area contributed by atoms with E-state index in [-0.39, 0.29) is 5.97 Å². The summed E-state index contributed by atoms with van der Waals surface area (Å²) in [6, 6.07) is 0. The van der Waals surface area contributed by atoms with Crippen molar-refractivity contribution in [1.29, 1.82) is 0 Å². The van der Waals surface area contributed by atoms with Gasteiger partial charge in [-0.15, -0.1) is 0 Å². The van der Waals surface area contributed by atoms with Crippen LogP contribution < -0.4 is 0 Å². The number of unbranched alkanes of at least 4 members (excludes halogenated alkanes) is 4. The normalized spacial score (nSPS) is 18.2. The Morgan fingerprint density at radius 2 is 1.94 bits per heavy atom. The molecule has 3 nitrogen and oxygen atoms in total. The SMILES string of the molecule is C=C(C)C(=O)OCCCCCCCC1CO1. The lowest BCUT2D eigenvalue weighted by Gasteiger charge is -2.04. The molecule has 1 aliphatic heterocycles. The van der Waals surface area contributed by atoms with Crippen LogP contribution in [0.3, 0.4) is 0 Å². The van der Waals surface area contributed by atoms with E-state index in [1.165, 1.54) is 25.7 Å². The number of carbonyl (C=O) groups excluding carboxylic acids is 1. The first kappa shape index (κ1) is 13.2. The molecule has 0 bridgehead atoms. The van der Waals surface area contributed by atoms with Crippen LogP contribution in [0.15, 0.2) is 12.2 Å². The summed E-state index contributed by atoms with van der Waals surface area (Å²) in [5.74, 6) is -0.272. The van der Waals surface area contributed by atoms with Crippen LogP contribution in [-0.4, -0.2) is 25.3 Å². The van der Waals surface area contributed by atoms with Crippen molar-refractivity contribution in [3.63, 3.8) is 0 Å². The molecule has 1 rings (SSSR count). The van der Waals surface area contributed by atoms with Gasteiger partial charge in [-0.05, 0) is 19.8 Å². The molecule has 1 fully saturated rings. The highest BCUT2D eigenvalue weighted by Gasteiger charge is 2.20. The van der Waals surface area contributed by atoms with E-state index in [0.29, 0.717) is 18.3 Å². The lowest BCUT2D eigenvalue weighted by atomic mass is 10.1. The molecule has 1 heterocycles. The molecular formula is C13H22O3. The molecule has 1 aliphatic rings. The van der Waals surface area contributed by atoms with E-state index < -0.39 is 0 Å². The predicted octanol–water partition coefficient (Wildman–Crippen LogP) is 2.85. The first-order valence-corrected chi connectivity index (χ1v) is 6.14. The smallest absolute Gasteiger partial charge is 0.333 e. The quantitative estimate of drug-likeness (QED) is 0.263. The number of rotatable bonds is 9. The van der Waals surface area contributed by atoms with E-state index in [1.54, 1.807) is 6.92 Å². The number of hydrogen-bond acceptors (Lipinski definition) is 3. The molecule has 0 N–H and O–H groups in total. The fourth-order valence-corrected chi connectivity index (χ4v) is 1.53. The second-order valence-corrected chi connectivity index (χ2v) is 4.43. The third-order valence-corrected chi connectivity index (χ3v) is 2.65. The van der Waals surface area contributed by atoms with Crippen molar-refractivity contribution < 1.29 is 14.3 Å². The van der Waals surface area contributed by atoms with Gasteiger partial charge in [0.1, 0.15) is 0 Å². The predicted molar refractivity (Wildman–Crippen MR) is 63.2 cm³/mol. The van der Waals surface area contributed by atoms with Crippen molar-refractivity contribution in [1.82, 2.24) is 0 Å². The van der Waals surface area contributed by atoms with Crippen molar-refractivity contribution in [2.75, 3.05) is 13.2 Å². The molecule has 1 saturated heterocycles. The average Bonchev–Trinajstić information content (AvgIpc) is 3.05. The summed E-state index contributed by atoms with van der Waals surface area (Å²) in [6.07, 6.45) is 7.61. The molecule has 3 heteroatoms. The summed E-state index contributed by atoms with van der Waals surface area (Å²) >= 11 is 0. The van der Waals surface area contributed by atoms with Crippen LogP contribution in [0.1, 0.15) is 45.4 Å². The lowest BCUT2D eigenvalue weighted by Crippen LogP contribution is -2.05. The van der Waals surface area contributed by atoms with E-state index in [1.807, 2.05) is 0 Å². The Morgan fingerprint density at radius 3 is 2.56 bits per heavy atom. The van der Waals surface area contributed by atoms with Crippen molar-refractivity contribution in [2.45, 2.75) is 51.6 Å². The van der Waals surface area contributed by atoms with E-state index in [4.69, 9.17) is 9.47 Å². The van der Waals surface area contributed by atoms with Crippen molar-refractivity contribution in [3.8, 4) is 0 Å². The second kappa shape index (κ2) is 7.44. The number of ether oxygens (including phenoxy) is 2. The highest BCUT2D eigenvalue weighted by atomic mass is 16.6. The topological polar surface area (TPSA) is 38.8 Å². The van der Waals surface area contributed by atoms with Gasteiger partial charge in [-0.1, -0.05) is 32.3 Å². The van der Waals surface area contributed by atoms with Gasteiger partial charge in [0, 0.05) is 5.57 Å². The molecule has 0 spiro atoms. The van der Waals surface area contributed by atoms with Gasteiger partial charge in [-0.2, -0.15) is 0 Å². The Kier molecular flexibility index (Phi) is 6.16. The maximum Gasteiger partial charge on any atom is 0.333 e. The van der Waals surface area contributed by atoms with Gasteiger partial charge >= 0.3 is 5.97 Å². The van der Waals surface area contributed by atoms with Crippen molar-refractivity contribution in [3.05, 3.63) is 12.2 Å². The summed E-state index contributed by atoms with van der Waals surface area (Å²) in [5, 5.41) is 0. The highest BCUT2D eigenvalue weighted by Crippen LogP contribution is 2.17. The lowest BCUT2D eigenvalue weighted by molar-refractivity contribution is -0.139. The molecule has 0 aromatic rings. The van der Waals surface area contributed by atoms with Crippen LogP contribution in [0.25, 0.3) is 0 Å². The summed E-state index contributed by atoms with van der Waals surface area (Å²) < 4.78 is 10.1. The molecular weight excluding hydrogens is 204 g/mol. The average molecular weight is 226 g/mol. The monoisotopic (exact) mass is 226 g/mol. The maximum absolute atomic E-state index is 11.0. The molecule has 0 aromatic carbocycles. The van der Waals surface area contributed by atoms with Crippen LogP contribution in [0.4, 0.5) is 0 Å². The molecule has 92 valence electrons. The zero-order valence-corrected chi connectivity index (χ0v) is 10.2. The van der Waals surface area contributed by atoms with Gasteiger partial charge in [-0.25, -0.2) is 4.79 Å². The Balaban J connectivity index is 1.76. The third-order valence-electron chi connectivity index (χ3n) is 2.65. The molecule has 1 unspecified atom stereocenters. The zero-order chi connectivity index (χ0) is 11.8. The van der Waals surface area contributed by atoms with E-state index >= 15 is 0 Å². The molecule has 0 aliphatic carbocycles. The van der Waals surface area contributed by atoms with Crippen LogP contribution in [0.5, 0.6) is 0 Å².